The van der Waals surface area contributed by atoms with Crippen LogP contribution in [0.2, 0.25) is 0 Å². The first-order valence-corrected chi connectivity index (χ1v) is 4.46. The van der Waals surface area contributed by atoms with Crippen LogP contribution in [0.15, 0.2) is 0 Å². The number of rotatable bonds is 4. The predicted octanol–water partition coefficient (Wildman–Crippen LogP) is 2.13. The molecular formula is C9H16O2. The Morgan fingerprint density at radius 3 is 2.64 bits per heavy atom. The van der Waals surface area contributed by atoms with E-state index in [0.717, 1.165) is 6.42 Å². The zero-order chi connectivity index (χ0) is 8.27. The van der Waals surface area contributed by atoms with Crippen LogP contribution < -0.4 is 0 Å². The van der Waals surface area contributed by atoms with Crippen molar-refractivity contribution in [2.45, 2.75) is 45.6 Å². The first-order chi connectivity index (χ1) is 5.25. The number of hydrogen-bond acceptors (Lipinski definition) is 2. The van der Waals surface area contributed by atoms with E-state index in [-0.39, 0.29) is 18.0 Å². The van der Waals surface area contributed by atoms with E-state index < -0.39 is 0 Å². The molecule has 0 aliphatic carbocycles. The molecule has 0 saturated carbocycles. The Balaban J connectivity index is 2.05. The summed E-state index contributed by atoms with van der Waals surface area (Å²) in [5.74, 6) is 0.137. The van der Waals surface area contributed by atoms with Crippen molar-refractivity contribution in [1.29, 1.82) is 0 Å². The normalized spacial score (nSPS) is 29.5. The van der Waals surface area contributed by atoms with Crippen LogP contribution >= 0.6 is 0 Å². The summed E-state index contributed by atoms with van der Waals surface area (Å²) in [6, 6.07) is 0. The lowest BCUT2D eigenvalue weighted by atomic mass is 9.94. The molecule has 0 amide bonds. The Morgan fingerprint density at radius 2 is 2.18 bits per heavy atom. The van der Waals surface area contributed by atoms with Crippen LogP contribution in [-0.2, 0) is 9.53 Å². The summed E-state index contributed by atoms with van der Waals surface area (Å²) in [6.07, 6.45) is 4.96. The smallest absolute Gasteiger partial charge is 0.312 e. The summed E-state index contributed by atoms with van der Waals surface area (Å²) in [4.78, 5) is 10.7. The van der Waals surface area contributed by atoms with Crippen LogP contribution in [-0.4, -0.2) is 12.1 Å². The SMILES string of the molecule is CCCCC[C@H]1OC(=O)[C@H]1C. The largest absolute Gasteiger partial charge is 0.461 e. The summed E-state index contributed by atoms with van der Waals surface area (Å²) in [5.41, 5.74) is 0. The summed E-state index contributed by atoms with van der Waals surface area (Å²) in [5, 5.41) is 0. The second kappa shape index (κ2) is 3.74. The van der Waals surface area contributed by atoms with Gasteiger partial charge in [0.2, 0.25) is 0 Å². The van der Waals surface area contributed by atoms with Crippen LogP contribution in [0, 0.1) is 5.92 Å². The molecule has 0 aromatic heterocycles. The fraction of sp³-hybridized carbons (Fsp3) is 0.889. The van der Waals surface area contributed by atoms with Gasteiger partial charge in [-0.25, -0.2) is 0 Å². The molecule has 2 heteroatoms. The highest BCUT2D eigenvalue weighted by Gasteiger charge is 2.37. The van der Waals surface area contributed by atoms with Gasteiger partial charge in [0.15, 0.2) is 0 Å². The third-order valence-corrected chi connectivity index (χ3v) is 2.29. The number of hydrogen-bond donors (Lipinski definition) is 0. The summed E-state index contributed by atoms with van der Waals surface area (Å²) < 4.78 is 4.96. The van der Waals surface area contributed by atoms with Crippen LogP contribution in [0.3, 0.4) is 0 Å². The van der Waals surface area contributed by atoms with Crippen molar-refractivity contribution >= 4 is 5.97 Å². The molecule has 0 N–H and O–H groups in total. The topological polar surface area (TPSA) is 26.3 Å². The lowest BCUT2D eigenvalue weighted by Crippen LogP contribution is -2.42. The molecule has 0 radical (unpaired) electrons. The van der Waals surface area contributed by atoms with E-state index in [1.54, 1.807) is 0 Å². The van der Waals surface area contributed by atoms with Gasteiger partial charge in [-0.15, -0.1) is 0 Å². The standard InChI is InChI=1S/C9H16O2/c1-3-4-5-6-8-7(2)9(10)11-8/h7-8H,3-6H2,1-2H3/t7-,8+/m0/s1. The van der Waals surface area contributed by atoms with Crippen molar-refractivity contribution in [3.05, 3.63) is 0 Å². The molecule has 2 nitrogen and oxygen atoms in total. The minimum atomic E-state index is -0.0218. The Kier molecular flexibility index (Phi) is 2.92. The lowest BCUT2D eigenvalue weighted by Gasteiger charge is -2.32. The van der Waals surface area contributed by atoms with Crippen molar-refractivity contribution in [3.8, 4) is 0 Å². The van der Waals surface area contributed by atoms with Crippen LogP contribution in [0.1, 0.15) is 39.5 Å². The van der Waals surface area contributed by atoms with E-state index in [9.17, 15) is 4.79 Å². The van der Waals surface area contributed by atoms with Gasteiger partial charge in [-0.2, -0.15) is 0 Å². The van der Waals surface area contributed by atoms with E-state index in [2.05, 4.69) is 6.92 Å². The maximum Gasteiger partial charge on any atom is 0.312 e. The number of ether oxygens (including phenoxy) is 1. The fourth-order valence-corrected chi connectivity index (χ4v) is 1.34. The molecule has 0 spiro atoms. The quantitative estimate of drug-likeness (QED) is 0.460. The second-order valence-corrected chi connectivity index (χ2v) is 3.26. The molecule has 0 aromatic rings. The summed E-state index contributed by atoms with van der Waals surface area (Å²) >= 11 is 0. The van der Waals surface area contributed by atoms with Gasteiger partial charge in [0.1, 0.15) is 6.10 Å². The predicted molar refractivity (Wildman–Crippen MR) is 43.2 cm³/mol. The van der Waals surface area contributed by atoms with Crippen LogP contribution in [0.4, 0.5) is 0 Å². The van der Waals surface area contributed by atoms with Gasteiger partial charge in [-0.3, -0.25) is 4.79 Å². The van der Waals surface area contributed by atoms with Crippen molar-refractivity contribution in [2.75, 3.05) is 0 Å². The van der Waals surface area contributed by atoms with Crippen LogP contribution in [0.5, 0.6) is 0 Å². The van der Waals surface area contributed by atoms with E-state index in [1.165, 1.54) is 19.3 Å². The van der Waals surface area contributed by atoms with Crippen molar-refractivity contribution in [3.63, 3.8) is 0 Å². The highest BCUT2D eigenvalue weighted by Crippen LogP contribution is 2.25. The molecule has 0 aromatic carbocycles. The molecule has 0 unspecified atom stereocenters. The van der Waals surface area contributed by atoms with Crippen LogP contribution in [0.25, 0.3) is 0 Å². The Bertz CT molecular complexity index is 142. The molecule has 1 fully saturated rings. The molecule has 0 bridgehead atoms. The van der Waals surface area contributed by atoms with Gasteiger partial charge in [-0.1, -0.05) is 19.8 Å². The molecule has 1 aliphatic rings. The van der Waals surface area contributed by atoms with Crippen molar-refractivity contribution < 1.29 is 9.53 Å². The van der Waals surface area contributed by atoms with Gasteiger partial charge >= 0.3 is 5.97 Å². The van der Waals surface area contributed by atoms with Gasteiger partial charge in [0, 0.05) is 0 Å². The number of unbranched alkanes of at least 4 members (excludes halogenated alkanes) is 2. The molecule has 2 atom stereocenters. The zero-order valence-corrected chi connectivity index (χ0v) is 7.30. The Morgan fingerprint density at radius 1 is 1.45 bits per heavy atom. The number of esters is 1. The molecule has 1 heterocycles. The van der Waals surface area contributed by atoms with E-state index in [0.29, 0.717) is 0 Å². The number of carbonyl (C=O) groups excluding carboxylic acids is 1. The maximum atomic E-state index is 10.7. The van der Waals surface area contributed by atoms with E-state index >= 15 is 0 Å². The van der Waals surface area contributed by atoms with Gasteiger partial charge in [0.05, 0.1) is 5.92 Å². The third-order valence-electron chi connectivity index (χ3n) is 2.29. The highest BCUT2D eigenvalue weighted by molar-refractivity contribution is 5.77. The number of carbonyl (C=O) groups is 1. The maximum absolute atomic E-state index is 10.7. The lowest BCUT2D eigenvalue weighted by molar-refractivity contribution is -0.183. The monoisotopic (exact) mass is 156 g/mol. The van der Waals surface area contributed by atoms with Crippen molar-refractivity contribution in [2.24, 2.45) is 5.92 Å². The molecule has 1 rings (SSSR count). The minimum absolute atomic E-state index is 0.0218. The fourth-order valence-electron chi connectivity index (χ4n) is 1.34. The minimum Gasteiger partial charge on any atom is -0.461 e. The van der Waals surface area contributed by atoms with E-state index in [4.69, 9.17) is 4.74 Å². The van der Waals surface area contributed by atoms with Gasteiger partial charge < -0.3 is 4.74 Å². The summed E-state index contributed by atoms with van der Waals surface area (Å²) in [7, 11) is 0. The Labute approximate surface area is 67.9 Å². The average Bonchev–Trinajstić information content (AvgIpc) is 2.03. The third kappa shape index (κ3) is 1.95. The molecule has 1 aliphatic heterocycles. The van der Waals surface area contributed by atoms with Crippen molar-refractivity contribution in [1.82, 2.24) is 0 Å². The average molecular weight is 156 g/mol. The number of cyclic esters (lactones) is 1. The van der Waals surface area contributed by atoms with Gasteiger partial charge in [-0.05, 0) is 19.8 Å². The molecular weight excluding hydrogens is 140 g/mol. The Hall–Kier alpha value is -0.530. The summed E-state index contributed by atoms with van der Waals surface area (Å²) in [6.45, 7) is 4.12. The molecule has 1 saturated heterocycles. The first kappa shape index (κ1) is 8.57. The highest BCUT2D eigenvalue weighted by atomic mass is 16.6. The molecule has 11 heavy (non-hydrogen) atoms. The first-order valence-electron chi connectivity index (χ1n) is 4.46. The van der Waals surface area contributed by atoms with E-state index in [1.807, 2.05) is 6.92 Å². The molecule has 64 valence electrons. The zero-order valence-electron chi connectivity index (χ0n) is 7.30. The van der Waals surface area contributed by atoms with Gasteiger partial charge in [0.25, 0.3) is 0 Å². The second-order valence-electron chi connectivity index (χ2n) is 3.26.